The number of nitrogen functional groups attached to an aromatic ring is 1. The number of nitrogens with two attached hydrogens (primary N) is 1. The molecule has 0 aliphatic carbocycles. The van der Waals surface area contributed by atoms with Gasteiger partial charge >= 0.3 is 5.69 Å². The van der Waals surface area contributed by atoms with Gasteiger partial charge in [-0.3, -0.25) is 15.3 Å². The Kier molecular flexibility index (Phi) is 2.67. The topological polar surface area (TPSA) is 113 Å². The second-order valence-electron chi connectivity index (χ2n) is 3.29. The predicted molar refractivity (Wildman–Crippen MR) is 62.0 cm³/mol. The normalized spacial score (nSPS) is 10.2. The molecule has 1 heterocycles. The molecule has 0 bridgehead atoms. The van der Waals surface area contributed by atoms with Gasteiger partial charge in [0, 0.05) is 0 Å². The molecule has 0 spiro atoms. The molecule has 0 atom stereocenters. The molecule has 1 aromatic carbocycles. The Morgan fingerprint density at radius 2 is 1.88 bits per heavy atom. The summed E-state index contributed by atoms with van der Waals surface area (Å²) in [6.07, 6.45) is 0. The molecule has 88 valence electrons. The van der Waals surface area contributed by atoms with Crippen LogP contribution in [0.25, 0.3) is 11.1 Å². The zero-order valence-electron chi connectivity index (χ0n) is 8.68. The van der Waals surface area contributed by atoms with Crippen LogP contribution < -0.4 is 22.6 Å². The van der Waals surface area contributed by atoms with E-state index in [1.54, 1.807) is 30.3 Å². The molecule has 2 rings (SSSR count). The molecule has 7 heteroatoms. The molecule has 5 N–H and O–H groups in total. The van der Waals surface area contributed by atoms with Crippen LogP contribution in [-0.4, -0.2) is 14.8 Å². The first-order valence-electron chi connectivity index (χ1n) is 4.75. The summed E-state index contributed by atoms with van der Waals surface area (Å²) in [5.74, 6) is 4.54. The molecular weight excluding hydrogens is 224 g/mol. The summed E-state index contributed by atoms with van der Waals surface area (Å²) in [4.78, 5) is 25.0. The molecule has 0 aliphatic heterocycles. The molecule has 2 aromatic rings. The lowest BCUT2D eigenvalue weighted by Gasteiger charge is -2.09. The second-order valence-corrected chi connectivity index (χ2v) is 3.29. The Morgan fingerprint density at radius 1 is 1.24 bits per heavy atom. The fraction of sp³-hybridized carbons (Fsp3) is 0. The molecule has 0 saturated heterocycles. The van der Waals surface area contributed by atoms with Crippen LogP contribution in [0.2, 0.25) is 0 Å². The summed E-state index contributed by atoms with van der Waals surface area (Å²) in [5, 5.41) is 9.80. The van der Waals surface area contributed by atoms with E-state index in [9.17, 15) is 14.7 Å². The molecule has 0 aliphatic rings. The summed E-state index contributed by atoms with van der Waals surface area (Å²) in [6, 6.07) is 8.45. The molecule has 0 radical (unpaired) electrons. The summed E-state index contributed by atoms with van der Waals surface area (Å²) < 4.78 is 0.643. The van der Waals surface area contributed by atoms with Crippen LogP contribution in [0, 0.1) is 0 Å². The van der Waals surface area contributed by atoms with Crippen molar-refractivity contribution in [1.82, 2.24) is 9.66 Å². The Labute approximate surface area is 95.1 Å². The molecular formula is C10H10N4O3. The maximum absolute atomic E-state index is 11.6. The first-order chi connectivity index (χ1) is 8.15. The second kappa shape index (κ2) is 4.14. The maximum atomic E-state index is 11.6. The van der Waals surface area contributed by atoms with E-state index in [1.165, 1.54) is 0 Å². The van der Waals surface area contributed by atoms with Crippen molar-refractivity contribution in [3.63, 3.8) is 0 Å². The Bertz CT molecular complexity index is 645. The number of H-pyrrole nitrogens is 1. The van der Waals surface area contributed by atoms with Crippen LogP contribution in [-0.2, 0) is 0 Å². The molecule has 0 amide bonds. The number of nitrogens with one attached hydrogen (secondary N) is 2. The highest BCUT2D eigenvalue weighted by Crippen LogP contribution is 2.22. The molecule has 0 fully saturated rings. The van der Waals surface area contributed by atoms with Crippen LogP contribution >= 0.6 is 0 Å². The van der Waals surface area contributed by atoms with Crippen LogP contribution in [0.5, 0.6) is 5.88 Å². The number of hydrogen-bond donors (Lipinski definition) is 4. The van der Waals surface area contributed by atoms with Crippen molar-refractivity contribution < 1.29 is 5.11 Å². The number of hydrazine groups is 1. The van der Waals surface area contributed by atoms with Gasteiger partial charge in [0.2, 0.25) is 5.88 Å². The van der Waals surface area contributed by atoms with E-state index in [2.05, 4.69) is 0 Å². The number of aromatic hydroxyl groups is 1. The number of hydrogen-bond acceptors (Lipinski definition) is 5. The fourth-order valence-electron chi connectivity index (χ4n) is 1.51. The van der Waals surface area contributed by atoms with Crippen molar-refractivity contribution >= 4 is 0 Å². The first kappa shape index (κ1) is 11.0. The number of rotatable bonds is 2. The van der Waals surface area contributed by atoms with Gasteiger partial charge in [0.05, 0.1) is 0 Å². The zero-order valence-corrected chi connectivity index (χ0v) is 8.68. The highest BCUT2D eigenvalue weighted by atomic mass is 16.3. The predicted octanol–water partition coefficient (Wildman–Crippen LogP) is -0.674. The largest absolute Gasteiger partial charge is 0.493 e. The van der Waals surface area contributed by atoms with Gasteiger partial charge in [-0.2, -0.15) is 4.68 Å². The number of aromatic nitrogens is 2. The van der Waals surface area contributed by atoms with Crippen molar-refractivity contribution in [1.29, 1.82) is 0 Å². The van der Waals surface area contributed by atoms with Crippen molar-refractivity contribution in [2.24, 2.45) is 5.84 Å². The maximum Gasteiger partial charge on any atom is 0.351 e. The zero-order chi connectivity index (χ0) is 12.4. The van der Waals surface area contributed by atoms with E-state index >= 15 is 0 Å². The molecule has 17 heavy (non-hydrogen) atoms. The standard InChI is InChI=1S/C10H10N4O3/c11-13-14-9(16)7(8(15)12-10(14)17)6-4-2-1-3-5-6/h1-5,13,16H,11H2,(H,12,15,17). The van der Waals surface area contributed by atoms with Gasteiger partial charge < -0.3 is 5.11 Å². The van der Waals surface area contributed by atoms with Gasteiger partial charge in [0.1, 0.15) is 5.56 Å². The van der Waals surface area contributed by atoms with Crippen LogP contribution in [0.4, 0.5) is 0 Å². The third-order valence-electron chi connectivity index (χ3n) is 2.28. The SMILES string of the molecule is NNn1c(O)c(-c2ccccc2)c(=O)[nH]c1=O. The summed E-state index contributed by atoms with van der Waals surface area (Å²) in [5.41, 5.74) is 0.928. The lowest BCUT2D eigenvalue weighted by Crippen LogP contribution is -2.38. The number of nitrogens with zero attached hydrogens (tertiary/aromatic N) is 1. The lowest BCUT2D eigenvalue weighted by molar-refractivity contribution is 0.422. The lowest BCUT2D eigenvalue weighted by atomic mass is 10.1. The fourth-order valence-corrected chi connectivity index (χ4v) is 1.51. The van der Waals surface area contributed by atoms with Gasteiger partial charge in [-0.15, -0.1) is 0 Å². The molecule has 0 saturated carbocycles. The minimum atomic E-state index is -0.838. The summed E-state index contributed by atoms with van der Waals surface area (Å²) >= 11 is 0. The summed E-state index contributed by atoms with van der Waals surface area (Å²) in [6.45, 7) is 0. The average Bonchev–Trinajstić information content (AvgIpc) is 2.30. The highest BCUT2D eigenvalue weighted by molar-refractivity contribution is 5.67. The van der Waals surface area contributed by atoms with Crippen LogP contribution in [0.3, 0.4) is 0 Å². The van der Waals surface area contributed by atoms with Crippen molar-refractivity contribution in [2.75, 3.05) is 5.53 Å². The van der Waals surface area contributed by atoms with Gasteiger partial charge in [-0.25, -0.2) is 10.6 Å². The van der Waals surface area contributed by atoms with E-state index < -0.39 is 17.1 Å². The Morgan fingerprint density at radius 3 is 2.47 bits per heavy atom. The van der Waals surface area contributed by atoms with Crippen molar-refractivity contribution in [3.05, 3.63) is 51.2 Å². The van der Waals surface area contributed by atoms with Crippen molar-refractivity contribution in [2.45, 2.75) is 0 Å². The smallest absolute Gasteiger partial charge is 0.351 e. The quantitative estimate of drug-likeness (QED) is 0.406. The Hall–Kier alpha value is -2.54. The van der Waals surface area contributed by atoms with E-state index in [0.29, 0.717) is 10.2 Å². The third-order valence-corrected chi connectivity index (χ3v) is 2.28. The highest BCUT2D eigenvalue weighted by Gasteiger charge is 2.14. The minimum Gasteiger partial charge on any atom is -0.493 e. The molecule has 0 unspecified atom stereocenters. The van der Waals surface area contributed by atoms with Gasteiger partial charge in [-0.05, 0) is 5.56 Å². The number of benzene rings is 1. The average molecular weight is 234 g/mol. The molecule has 7 nitrogen and oxygen atoms in total. The van der Waals surface area contributed by atoms with E-state index in [1.807, 2.05) is 10.5 Å². The number of aromatic amines is 1. The molecule has 1 aromatic heterocycles. The van der Waals surface area contributed by atoms with Crippen molar-refractivity contribution in [3.8, 4) is 17.0 Å². The van der Waals surface area contributed by atoms with Gasteiger partial charge in [0.25, 0.3) is 5.56 Å². The van der Waals surface area contributed by atoms with E-state index in [0.717, 1.165) is 0 Å². The third kappa shape index (κ3) is 1.79. The van der Waals surface area contributed by atoms with Crippen LogP contribution in [0.1, 0.15) is 0 Å². The van der Waals surface area contributed by atoms with E-state index in [4.69, 9.17) is 5.84 Å². The van der Waals surface area contributed by atoms with Gasteiger partial charge in [0.15, 0.2) is 0 Å². The summed E-state index contributed by atoms with van der Waals surface area (Å²) in [7, 11) is 0. The first-order valence-corrected chi connectivity index (χ1v) is 4.75. The van der Waals surface area contributed by atoms with E-state index in [-0.39, 0.29) is 5.56 Å². The van der Waals surface area contributed by atoms with Gasteiger partial charge in [-0.1, -0.05) is 30.3 Å². The minimum absolute atomic E-state index is 0.0249. The van der Waals surface area contributed by atoms with Crippen LogP contribution in [0.15, 0.2) is 39.9 Å². The monoisotopic (exact) mass is 234 g/mol. The Balaban J connectivity index is 2.80.